The molecule has 0 spiro atoms. The molecule has 134 valence electrons. The molecule has 3 heterocycles. The van der Waals surface area contributed by atoms with Crippen LogP contribution < -0.4 is 10.6 Å². The van der Waals surface area contributed by atoms with Crippen LogP contribution >= 0.6 is 11.3 Å². The molecule has 1 atom stereocenters. The number of nitrogens with two attached hydrogens (primary N) is 1. The van der Waals surface area contributed by atoms with Crippen LogP contribution in [0.15, 0.2) is 35.8 Å². The first-order valence-electron chi connectivity index (χ1n) is 8.57. The minimum atomic E-state index is -0.556. The number of anilines is 1. The first-order chi connectivity index (χ1) is 12.6. The van der Waals surface area contributed by atoms with E-state index in [1.807, 2.05) is 11.6 Å². The number of carbonyl (C=O) groups excluding carboxylic acids is 1. The van der Waals surface area contributed by atoms with E-state index in [4.69, 9.17) is 5.73 Å². The Hall–Kier alpha value is -2.58. The summed E-state index contributed by atoms with van der Waals surface area (Å²) in [4.78, 5) is 20.2. The summed E-state index contributed by atoms with van der Waals surface area (Å²) >= 11 is 1.67. The van der Waals surface area contributed by atoms with Crippen molar-refractivity contribution < 1.29 is 4.79 Å². The summed E-state index contributed by atoms with van der Waals surface area (Å²) in [6.07, 6.45) is 0. The largest absolute Gasteiger partial charge is 0.364 e. The average Bonchev–Trinajstić information content (AvgIpc) is 3.15. The van der Waals surface area contributed by atoms with Crippen LogP contribution in [-0.2, 0) is 0 Å². The van der Waals surface area contributed by atoms with Gasteiger partial charge in [-0.15, -0.1) is 21.5 Å². The lowest BCUT2D eigenvalue weighted by atomic mass is 10.1. The predicted molar refractivity (Wildman–Crippen MR) is 102 cm³/mol. The number of primary amides is 1. The van der Waals surface area contributed by atoms with Gasteiger partial charge in [-0.3, -0.25) is 9.69 Å². The second-order valence-corrected chi connectivity index (χ2v) is 7.31. The minimum Gasteiger partial charge on any atom is -0.364 e. The third kappa shape index (κ3) is 3.25. The van der Waals surface area contributed by atoms with Crippen molar-refractivity contribution >= 4 is 33.3 Å². The fourth-order valence-corrected chi connectivity index (χ4v) is 3.97. The van der Waals surface area contributed by atoms with E-state index >= 15 is 0 Å². The second kappa shape index (κ2) is 6.97. The van der Waals surface area contributed by atoms with Crippen LogP contribution in [0.4, 0.5) is 5.82 Å². The zero-order chi connectivity index (χ0) is 18.1. The Labute approximate surface area is 155 Å². The van der Waals surface area contributed by atoms with Gasteiger partial charge in [-0.05, 0) is 36.8 Å². The van der Waals surface area contributed by atoms with E-state index in [0.29, 0.717) is 6.04 Å². The molecule has 2 N–H and O–H groups in total. The fraction of sp³-hybridized carbons (Fsp3) is 0.333. The average molecular weight is 368 g/mol. The van der Waals surface area contributed by atoms with Gasteiger partial charge in [0.15, 0.2) is 11.5 Å². The van der Waals surface area contributed by atoms with Gasteiger partial charge in [-0.25, -0.2) is 4.98 Å². The number of carbonyl (C=O) groups is 1. The van der Waals surface area contributed by atoms with E-state index in [9.17, 15) is 4.79 Å². The van der Waals surface area contributed by atoms with Crippen LogP contribution in [0.25, 0.3) is 10.2 Å². The number of nitrogens with zero attached hydrogens (tertiary/aromatic N) is 5. The second-order valence-electron chi connectivity index (χ2n) is 6.42. The van der Waals surface area contributed by atoms with Crippen LogP contribution in [-0.4, -0.2) is 52.2 Å². The number of rotatable bonds is 4. The van der Waals surface area contributed by atoms with Crippen molar-refractivity contribution in [2.45, 2.75) is 13.0 Å². The van der Waals surface area contributed by atoms with Gasteiger partial charge in [-0.2, -0.15) is 0 Å². The maximum Gasteiger partial charge on any atom is 0.269 e. The number of aromatic nitrogens is 3. The first kappa shape index (κ1) is 16.9. The van der Waals surface area contributed by atoms with Gasteiger partial charge < -0.3 is 10.6 Å². The molecule has 0 saturated carbocycles. The number of fused-ring (bicyclic) bond motifs is 1. The van der Waals surface area contributed by atoms with Crippen molar-refractivity contribution in [1.29, 1.82) is 0 Å². The molecule has 0 aliphatic carbocycles. The highest BCUT2D eigenvalue weighted by Gasteiger charge is 2.23. The summed E-state index contributed by atoms with van der Waals surface area (Å²) in [5.41, 5.74) is 9.66. The molecule has 2 aromatic heterocycles. The molecule has 0 bridgehead atoms. The zero-order valence-corrected chi connectivity index (χ0v) is 15.3. The molecular weight excluding hydrogens is 348 g/mol. The summed E-state index contributed by atoms with van der Waals surface area (Å²) in [6, 6.07) is 10.3. The summed E-state index contributed by atoms with van der Waals surface area (Å²) in [5.74, 6) is 0.228. The van der Waals surface area contributed by atoms with Crippen molar-refractivity contribution in [2.75, 3.05) is 31.1 Å². The van der Waals surface area contributed by atoms with Gasteiger partial charge in [0.1, 0.15) is 0 Å². The molecule has 1 saturated heterocycles. The molecule has 1 fully saturated rings. The first-order valence-corrected chi connectivity index (χ1v) is 9.45. The molecule has 7 nitrogen and oxygen atoms in total. The quantitative estimate of drug-likeness (QED) is 0.758. The highest BCUT2D eigenvalue weighted by molar-refractivity contribution is 7.16. The number of hydrogen-bond acceptors (Lipinski definition) is 7. The Balaban J connectivity index is 1.41. The smallest absolute Gasteiger partial charge is 0.269 e. The fourth-order valence-electron chi connectivity index (χ4n) is 3.31. The lowest BCUT2D eigenvalue weighted by molar-refractivity contribution is 0.0994. The molecule has 0 radical (unpaired) electrons. The maximum absolute atomic E-state index is 11.1. The van der Waals surface area contributed by atoms with Crippen molar-refractivity contribution in [3.8, 4) is 0 Å². The van der Waals surface area contributed by atoms with Crippen molar-refractivity contribution in [2.24, 2.45) is 5.73 Å². The van der Waals surface area contributed by atoms with Crippen LogP contribution in [0, 0.1) is 0 Å². The van der Waals surface area contributed by atoms with Gasteiger partial charge >= 0.3 is 0 Å². The topological polar surface area (TPSA) is 88.2 Å². The van der Waals surface area contributed by atoms with Crippen molar-refractivity contribution in [1.82, 2.24) is 20.1 Å². The van der Waals surface area contributed by atoms with Gasteiger partial charge in [0.25, 0.3) is 5.91 Å². The number of amides is 1. The Kier molecular flexibility index (Phi) is 4.52. The van der Waals surface area contributed by atoms with E-state index in [0.717, 1.165) is 37.5 Å². The summed E-state index contributed by atoms with van der Waals surface area (Å²) in [6.45, 7) is 5.86. The summed E-state index contributed by atoms with van der Waals surface area (Å²) in [7, 11) is 0. The maximum atomic E-state index is 11.1. The SMILES string of the molecule is C[C@@H](c1ccc2scnc2c1)N1CCN(c2ccc(C(N)=O)nn2)CC1. The molecule has 0 unspecified atom stereocenters. The Bertz CT molecular complexity index is 917. The Morgan fingerprint density at radius 2 is 1.96 bits per heavy atom. The molecular formula is C18H20N6OS. The highest BCUT2D eigenvalue weighted by atomic mass is 32.1. The number of hydrogen-bond donors (Lipinski definition) is 1. The molecule has 1 aromatic carbocycles. The standard InChI is InChI=1S/C18H20N6OS/c1-12(13-2-4-16-15(10-13)20-11-26-16)23-6-8-24(9-7-23)17-5-3-14(18(19)25)21-22-17/h2-5,10-12H,6-9H2,1H3,(H2,19,25)/t12-/m0/s1. The molecule has 26 heavy (non-hydrogen) atoms. The van der Waals surface area contributed by atoms with Gasteiger partial charge in [0, 0.05) is 32.2 Å². The molecule has 3 aromatic rings. The Morgan fingerprint density at radius 3 is 2.65 bits per heavy atom. The van der Waals surface area contributed by atoms with E-state index in [2.05, 4.69) is 50.1 Å². The molecule has 8 heteroatoms. The Morgan fingerprint density at radius 1 is 1.15 bits per heavy atom. The van der Waals surface area contributed by atoms with E-state index in [-0.39, 0.29) is 5.69 Å². The third-order valence-corrected chi connectivity index (χ3v) is 5.74. The normalized spacial score (nSPS) is 16.7. The minimum absolute atomic E-state index is 0.193. The molecule has 1 aliphatic heterocycles. The lowest BCUT2D eigenvalue weighted by Crippen LogP contribution is -2.47. The number of piperazine rings is 1. The highest BCUT2D eigenvalue weighted by Crippen LogP contribution is 2.27. The molecule has 4 rings (SSSR count). The molecule has 1 aliphatic rings. The van der Waals surface area contributed by atoms with Crippen LogP contribution in [0.1, 0.15) is 29.0 Å². The van der Waals surface area contributed by atoms with Crippen LogP contribution in [0.3, 0.4) is 0 Å². The van der Waals surface area contributed by atoms with Crippen molar-refractivity contribution in [3.05, 3.63) is 47.1 Å². The third-order valence-electron chi connectivity index (χ3n) is 4.93. The van der Waals surface area contributed by atoms with E-state index < -0.39 is 5.91 Å². The number of thiazole rings is 1. The summed E-state index contributed by atoms with van der Waals surface area (Å²) in [5, 5.41) is 8.02. The van der Waals surface area contributed by atoms with Gasteiger partial charge in [0.2, 0.25) is 0 Å². The van der Waals surface area contributed by atoms with Crippen LogP contribution in [0.2, 0.25) is 0 Å². The van der Waals surface area contributed by atoms with Crippen LogP contribution in [0.5, 0.6) is 0 Å². The number of benzene rings is 1. The predicted octanol–water partition coefficient (Wildman–Crippen LogP) is 2.07. The lowest BCUT2D eigenvalue weighted by Gasteiger charge is -2.38. The summed E-state index contributed by atoms with van der Waals surface area (Å²) < 4.78 is 1.23. The van der Waals surface area contributed by atoms with Gasteiger partial charge in [-0.1, -0.05) is 6.07 Å². The molecule has 1 amide bonds. The van der Waals surface area contributed by atoms with E-state index in [1.165, 1.54) is 10.3 Å². The van der Waals surface area contributed by atoms with Crippen molar-refractivity contribution in [3.63, 3.8) is 0 Å². The van der Waals surface area contributed by atoms with Gasteiger partial charge in [0.05, 0.1) is 15.7 Å². The zero-order valence-electron chi connectivity index (χ0n) is 14.5. The monoisotopic (exact) mass is 368 g/mol. The van der Waals surface area contributed by atoms with E-state index in [1.54, 1.807) is 17.4 Å².